The Morgan fingerprint density at radius 3 is 0.968 bits per heavy atom. The maximum atomic E-state index is 12.8. The smallest absolute Gasteiger partial charge is 0.306 e. The standard InChI is InChI=1S/C57H100O6/c1-4-7-10-13-16-19-22-25-28-29-30-33-35-38-41-44-47-50-56(59)62-53-54(63-57(60)51-48-45-42-39-36-32-27-24-21-18-15-12-9-6-3)52-61-55(58)49-46-43-40-37-34-31-26-23-20-17-14-11-8-5-2/h7,10,16,19,25,28,30,33,38,41,54H,4-6,8-9,11-15,17-18,20-24,26-27,29,31-32,34-37,39-40,42-53H2,1-3H3/b10-7-,19-16-,28-25-,33-30-,41-38-/t54-/m1/s1. The van der Waals surface area contributed by atoms with Gasteiger partial charge in [-0.1, -0.05) is 248 Å². The van der Waals surface area contributed by atoms with Crippen LogP contribution in [0.5, 0.6) is 0 Å². The van der Waals surface area contributed by atoms with E-state index in [0.29, 0.717) is 19.3 Å². The van der Waals surface area contributed by atoms with E-state index >= 15 is 0 Å². The molecule has 0 aromatic rings. The third-order valence-corrected chi connectivity index (χ3v) is 11.5. The van der Waals surface area contributed by atoms with E-state index in [1.165, 1.54) is 141 Å². The summed E-state index contributed by atoms with van der Waals surface area (Å²) in [5.74, 6) is -0.939. The van der Waals surface area contributed by atoms with Gasteiger partial charge in [0, 0.05) is 19.3 Å². The van der Waals surface area contributed by atoms with E-state index in [1.807, 2.05) is 0 Å². The first-order valence-corrected chi connectivity index (χ1v) is 26.8. The second kappa shape index (κ2) is 51.7. The summed E-state index contributed by atoms with van der Waals surface area (Å²) >= 11 is 0. The highest BCUT2D eigenvalue weighted by Gasteiger charge is 2.19. The highest BCUT2D eigenvalue weighted by molar-refractivity contribution is 5.71. The van der Waals surface area contributed by atoms with E-state index in [4.69, 9.17) is 14.2 Å². The fourth-order valence-corrected chi connectivity index (χ4v) is 7.54. The minimum Gasteiger partial charge on any atom is -0.462 e. The third kappa shape index (κ3) is 50.0. The number of carbonyl (C=O) groups is 3. The lowest BCUT2D eigenvalue weighted by Gasteiger charge is -2.18. The molecule has 6 nitrogen and oxygen atoms in total. The normalized spacial score (nSPS) is 12.5. The van der Waals surface area contributed by atoms with Gasteiger partial charge >= 0.3 is 17.9 Å². The van der Waals surface area contributed by atoms with E-state index in [-0.39, 0.29) is 37.5 Å². The Labute approximate surface area is 390 Å². The summed E-state index contributed by atoms with van der Waals surface area (Å²) in [7, 11) is 0. The van der Waals surface area contributed by atoms with Crippen molar-refractivity contribution in [1.82, 2.24) is 0 Å². The molecule has 0 aliphatic carbocycles. The van der Waals surface area contributed by atoms with Crippen LogP contribution in [0.4, 0.5) is 0 Å². The number of hydrogen-bond acceptors (Lipinski definition) is 6. The molecule has 364 valence electrons. The monoisotopic (exact) mass is 881 g/mol. The summed E-state index contributed by atoms with van der Waals surface area (Å²) in [4.78, 5) is 38.0. The molecule has 6 heteroatoms. The molecule has 0 aliphatic heterocycles. The van der Waals surface area contributed by atoms with Crippen molar-refractivity contribution in [3.8, 4) is 0 Å². The van der Waals surface area contributed by atoms with Crippen molar-refractivity contribution in [3.05, 3.63) is 60.8 Å². The lowest BCUT2D eigenvalue weighted by molar-refractivity contribution is -0.167. The van der Waals surface area contributed by atoms with E-state index < -0.39 is 6.10 Å². The fraction of sp³-hybridized carbons (Fsp3) is 0.772. The highest BCUT2D eigenvalue weighted by atomic mass is 16.6. The molecule has 0 saturated heterocycles. The van der Waals surface area contributed by atoms with Crippen LogP contribution in [0.2, 0.25) is 0 Å². The number of esters is 3. The SMILES string of the molecule is CC/C=C\C/C=C\C/C=C\C/C=C\C/C=C\CCCC(=O)OC[C@@H](COC(=O)CCCCCCCCCCCCCCCC)OC(=O)CCCCCCCCCCCCCCCC. The minimum atomic E-state index is -0.792. The molecule has 0 radical (unpaired) electrons. The lowest BCUT2D eigenvalue weighted by Crippen LogP contribution is -2.30. The molecule has 0 N–H and O–H groups in total. The van der Waals surface area contributed by atoms with Crippen molar-refractivity contribution in [2.75, 3.05) is 13.2 Å². The summed E-state index contributed by atoms with van der Waals surface area (Å²) in [6.07, 6.45) is 63.5. The van der Waals surface area contributed by atoms with Crippen LogP contribution in [0.1, 0.15) is 265 Å². The number of unbranched alkanes of at least 4 members (excludes halogenated alkanes) is 27. The largest absolute Gasteiger partial charge is 0.462 e. The van der Waals surface area contributed by atoms with Gasteiger partial charge in [0.15, 0.2) is 6.10 Å². The maximum absolute atomic E-state index is 12.8. The zero-order valence-corrected chi connectivity index (χ0v) is 41.6. The summed E-state index contributed by atoms with van der Waals surface area (Å²) < 4.78 is 16.8. The van der Waals surface area contributed by atoms with Crippen molar-refractivity contribution >= 4 is 17.9 Å². The quantitative estimate of drug-likeness (QED) is 0.0262. The van der Waals surface area contributed by atoms with Crippen LogP contribution in [-0.4, -0.2) is 37.2 Å². The Morgan fingerprint density at radius 2 is 0.619 bits per heavy atom. The van der Waals surface area contributed by atoms with Gasteiger partial charge in [-0.15, -0.1) is 0 Å². The average molecular weight is 881 g/mol. The molecule has 0 bridgehead atoms. The van der Waals surface area contributed by atoms with E-state index in [0.717, 1.165) is 77.0 Å². The van der Waals surface area contributed by atoms with E-state index in [1.54, 1.807) is 0 Å². The van der Waals surface area contributed by atoms with Gasteiger partial charge < -0.3 is 14.2 Å². The predicted octanol–water partition coefficient (Wildman–Crippen LogP) is 17.6. The first kappa shape index (κ1) is 60.1. The summed E-state index contributed by atoms with van der Waals surface area (Å²) in [6, 6.07) is 0. The molecular weight excluding hydrogens is 781 g/mol. The number of hydrogen-bond donors (Lipinski definition) is 0. The zero-order chi connectivity index (χ0) is 45.8. The van der Waals surface area contributed by atoms with E-state index in [9.17, 15) is 14.4 Å². The number of carbonyl (C=O) groups excluding carboxylic acids is 3. The predicted molar refractivity (Wildman–Crippen MR) is 270 cm³/mol. The molecule has 0 fully saturated rings. The average Bonchev–Trinajstić information content (AvgIpc) is 3.28. The molecule has 0 amide bonds. The third-order valence-electron chi connectivity index (χ3n) is 11.5. The van der Waals surface area contributed by atoms with E-state index in [2.05, 4.69) is 81.5 Å². The molecule has 0 unspecified atom stereocenters. The number of rotatable bonds is 48. The van der Waals surface area contributed by atoms with Crippen LogP contribution < -0.4 is 0 Å². The molecule has 63 heavy (non-hydrogen) atoms. The Bertz CT molecular complexity index is 1150. The van der Waals surface area contributed by atoms with Gasteiger partial charge in [-0.3, -0.25) is 14.4 Å². The van der Waals surface area contributed by atoms with Crippen LogP contribution in [0.25, 0.3) is 0 Å². The summed E-state index contributed by atoms with van der Waals surface area (Å²) in [5, 5.41) is 0. The Morgan fingerprint density at radius 1 is 0.333 bits per heavy atom. The highest BCUT2D eigenvalue weighted by Crippen LogP contribution is 2.16. The number of ether oxygens (including phenoxy) is 3. The Kier molecular flexibility index (Phi) is 49.4. The summed E-state index contributed by atoms with van der Waals surface area (Å²) in [6.45, 7) is 6.50. The van der Waals surface area contributed by atoms with Gasteiger partial charge in [0.05, 0.1) is 0 Å². The molecule has 0 aromatic carbocycles. The van der Waals surface area contributed by atoms with Crippen LogP contribution in [0, 0.1) is 0 Å². The van der Waals surface area contributed by atoms with Crippen LogP contribution >= 0.6 is 0 Å². The van der Waals surface area contributed by atoms with Crippen molar-refractivity contribution in [3.63, 3.8) is 0 Å². The molecule has 0 saturated carbocycles. The first-order valence-electron chi connectivity index (χ1n) is 26.8. The lowest BCUT2D eigenvalue weighted by atomic mass is 10.0. The summed E-state index contributed by atoms with van der Waals surface area (Å²) in [5.41, 5.74) is 0. The molecular formula is C57H100O6. The first-order chi connectivity index (χ1) is 31.0. The van der Waals surface area contributed by atoms with Crippen LogP contribution in [0.3, 0.4) is 0 Å². The van der Waals surface area contributed by atoms with Gasteiger partial charge in [0.1, 0.15) is 13.2 Å². The zero-order valence-electron chi connectivity index (χ0n) is 41.6. The molecule has 1 atom stereocenters. The van der Waals surface area contributed by atoms with Crippen molar-refractivity contribution in [1.29, 1.82) is 0 Å². The van der Waals surface area contributed by atoms with Gasteiger partial charge in [0.25, 0.3) is 0 Å². The van der Waals surface area contributed by atoms with Crippen molar-refractivity contribution in [2.24, 2.45) is 0 Å². The van der Waals surface area contributed by atoms with Crippen LogP contribution in [0.15, 0.2) is 60.8 Å². The minimum absolute atomic E-state index is 0.0881. The Balaban J connectivity index is 4.44. The van der Waals surface area contributed by atoms with Gasteiger partial charge in [-0.2, -0.15) is 0 Å². The van der Waals surface area contributed by atoms with Crippen molar-refractivity contribution in [2.45, 2.75) is 271 Å². The van der Waals surface area contributed by atoms with Gasteiger partial charge in [-0.25, -0.2) is 0 Å². The second-order valence-electron chi connectivity index (χ2n) is 17.8. The second-order valence-corrected chi connectivity index (χ2v) is 17.8. The van der Waals surface area contributed by atoms with Crippen molar-refractivity contribution < 1.29 is 28.6 Å². The van der Waals surface area contributed by atoms with Gasteiger partial charge in [-0.05, 0) is 57.8 Å². The molecule has 0 rings (SSSR count). The Hall–Kier alpha value is -2.89. The maximum Gasteiger partial charge on any atom is 0.306 e. The molecule has 0 spiro atoms. The van der Waals surface area contributed by atoms with Gasteiger partial charge in [0.2, 0.25) is 0 Å². The molecule has 0 heterocycles. The molecule has 0 aliphatic rings. The van der Waals surface area contributed by atoms with Crippen LogP contribution in [-0.2, 0) is 28.6 Å². The molecule has 0 aromatic heterocycles. The topological polar surface area (TPSA) is 78.9 Å². The fourth-order valence-electron chi connectivity index (χ4n) is 7.54. The number of allylic oxidation sites excluding steroid dienone is 10.